The zero-order chi connectivity index (χ0) is 21.2. The Morgan fingerprint density at radius 1 is 1.33 bits per heavy atom. The van der Waals surface area contributed by atoms with Crippen LogP contribution in [0.25, 0.3) is 11.2 Å². The van der Waals surface area contributed by atoms with Gasteiger partial charge in [-0.3, -0.25) is 9.09 Å². The minimum absolute atomic E-state index is 0. The van der Waals surface area contributed by atoms with Gasteiger partial charge in [-0.25, -0.2) is 19.5 Å². The summed E-state index contributed by atoms with van der Waals surface area (Å²) in [4.78, 5) is 30.2. The third-order valence-electron chi connectivity index (χ3n) is 4.32. The number of unbranched alkanes of at least 4 members (excludes halogenated alkanes) is 2. The summed E-state index contributed by atoms with van der Waals surface area (Å²) >= 11 is 0. The molecule has 9 N–H and O–H groups in total. The predicted octanol–water partition coefficient (Wildman–Crippen LogP) is -0.159. The Hall–Kier alpha value is -2.14. The molecule has 0 aliphatic carbocycles. The molecule has 0 radical (unpaired) electrons. The van der Waals surface area contributed by atoms with E-state index in [9.17, 15) is 14.8 Å². The van der Waals surface area contributed by atoms with Crippen molar-refractivity contribution in [1.29, 1.82) is 0 Å². The van der Waals surface area contributed by atoms with Crippen molar-refractivity contribution < 1.29 is 33.8 Å². The van der Waals surface area contributed by atoms with Crippen LogP contribution in [0.1, 0.15) is 38.2 Å². The van der Waals surface area contributed by atoms with Crippen LogP contribution in [0, 0.1) is 11.8 Å². The molecule has 0 bridgehead atoms. The maximum atomic E-state index is 10.9. The molecule has 1 saturated heterocycles. The molecule has 4 atom stereocenters. The summed E-state index contributed by atoms with van der Waals surface area (Å²) in [5.74, 6) is 6.07. The van der Waals surface area contributed by atoms with E-state index in [1.165, 1.54) is 10.9 Å². The maximum Gasteiger partial charge on any atom is 0.469 e. The lowest BCUT2D eigenvalue weighted by atomic mass is 10.1. The van der Waals surface area contributed by atoms with Crippen LogP contribution >= 0.6 is 7.82 Å². The highest BCUT2D eigenvalue weighted by molar-refractivity contribution is 7.46. The van der Waals surface area contributed by atoms with Gasteiger partial charge in [0.25, 0.3) is 0 Å². The summed E-state index contributed by atoms with van der Waals surface area (Å²) in [6.45, 7) is 1.44. The van der Waals surface area contributed by atoms with E-state index in [-0.39, 0.29) is 29.0 Å². The number of anilines is 1. The number of nitrogens with two attached hydrogens (primary N) is 1. The largest absolute Gasteiger partial charge is 0.469 e. The summed E-state index contributed by atoms with van der Waals surface area (Å²) in [7, 11) is -4.76. The Balaban J connectivity index is 0.00000320. The molecule has 1 aliphatic heterocycles. The third-order valence-corrected chi connectivity index (χ3v) is 4.81. The average molecular weight is 444 g/mol. The molecule has 2 aromatic rings. The Bertz CT molecular complexity index is 984. The van der Waals surface area contributed by atoms with E-state index in [1.807, 2.05) is 0 Å². The van der Waals surface area contributed by atoms with Crippen molar-refractivity contribution in [2.75, 3.05) is 12.3 Å². The van der Waals surface area contributed by atoms with Crippen molar-refractivity contribution in [3.63, 3.8) is 0 Å². The van der Waals surface area contributed by atoms with E-state index in [1.54, 1.807) is 0 Å². The zero-order valence-electron chi connectivity index (χ0n) is 16.2. The predicted molar refractivity (Wildman–Crippen MR) is 105 cm³/mol. The van der Waals surface area contributed by atoms with Gasteiger partial charge in [-0.15, -0.1) is 0 Å². The molecule has 3 rings (SSSR count). The fraction of sp³-hybridized carbons (Fsp3) is 0.562. The average Bonchev–Trinajstić information content (AvgIpc) is 3.19. The van der Waals surface area contributed by atoms with Gasteiger partial charge in [0.1, 0.15) is 23.8 Å². The summed E-state index contributed by atoms with van der Waals surface area (Å²) in [5.41, 5.74) is 6.44. The molecule has 0 aromatic carbocycles. The molecule has 30 heavy (non-hydrogen) atoms. The van der Waals surface area contributed by atoms with Crippen molar-refractivity contribution in [2.45, 2.75) is 50.7 Å². The number of phosphoric acid groups is 1. The highest BCUT2D eigenvalue weighted by atomic mass is 31.2. The first-order valence-corrected chi connectivity index (χ1v) is 10.4. The zero-order valence-corrected chi connectivity index (χ0v) is 17.1. The Kier molecular flexibility index (Phi) is 7.87. The van der Waals surface area contributed by atoms with Gasteiger partial charge >= 0.3 is 7.82 Å². The summed E-state index contributed by atoms with van der Waals surface area (Å²) < 4.78 is 22.1. The molecule has 166 valence electrons. The monoisotopic (exact) mass is 444 g/mol. The van der Waals surface area contributed by atoms with Gasteiger partial charge in [-0.1, -0.05) is 19.3 Å². The number of nitrogens with zero attached hydrogens (tertiary/aromatic N) is 4. The Morgan fingerprint density at radius 2 is 2.07 bits per heavy atom. The van der Waals surface area contributed by atoms with Gasteiger partial charge in [0.2, 0.25) is 5.82 Å². The van der Waals surface area contributed by atoms with Crippen molar-refractivity contribution in [1.82, 2.24) is 25.7 Å². The van der Waals surface area contributed by atoms with Gasteiger partial charge < -0.3 is 36.6 Å². The van der Waals surface area contributed by atoms with E-state index < -0.39 is 39.0 Å². The minimum atomic E-state index is -4.76. The summed E-state index contributed by atoms with van der Waals surface area (Å²) in [6, 6.07) is 0. The first-order valence-electron chi connectivity index (χ1n) is 8.92. The first kappa shape index (κ1) is 24.1. The molecular formula is C16H25N6O7P. The van der Waals surface area contributed by atoms with Crippen molar-refractivity contribution in [3.8, 4) is 11.8 Å². The normalized spacial score (nSPS) is 23.8. The quantitative estimate of drug-likeness (QED) is 0.194. The van der Waals surface area contributed by atoms with Crippen molar-refractivity contribution >= 4 is 24.8 Å². The van der Waals surface area contributed by atoms with Gasteiger partial charge in [-0.2, -0.15) is 0 Å². The number of hydrogen-bond donors (Lipinski definition) is 6. The number of aliphatic hydroxyl groups excluding tert-OH is 2. The van der Waals surface area contributed by atoms with Gasteiger partial charge in [-0.05, 0) is 12.3 Å². The SMILES string of the molecule is CCCCC#Cc1nc(N)c2ncn([C@@H]3O[C@H](COP(=O)(O)O)[C@@H](O)[C@H]3O)c2n1.N. The number of aliphatic hydroxyl groups is 2. The fourth-order valence-electron chi connectivity index (χ4n) is 2.85. The van der Waals surface area contributed by atoms with Crippen LogP contribution in [0.15, 0.2) is 6.33 Å². The molecule has 3 heterocycles. The molecule has 0 amide bonds. The molecule has 14 heteroatoms. The van der Waals surface area contributed by atoms with Crippen molar-refractivity contribution in [2.24, 2.45) is 0 Å². The number of ether oxygens (including phenoxy) is 1. The van der Waals surface area contributed by atoms with Crippen molar-refractivity contribution in [3.05, 3.63) is 12.2 Å². The van der Waals surface area contributed by atoms with Gasteiger partial charge in [0.05, 0.1) is 12.9 Å². The molecule has 0 spiro atoms. The second kappa shape index (κ2) is 9.78. The van der Waals surface area contributed by atoms with Gasteiger partial charge in [0.15, 0.2) is 17.7 Å². The number of hydrogen-bond acceptors (Lipinski definition) is 10. The number of nitrogen functional groups attached to an aromatic ring is 1. The molecule has 0 unspecified atom stereocenters. The molecule has 1 aliphatic rings. The van der Waals surface area contributed by atoms with Crippen LogP contribution in [0.3, 0.4) is 0 Å². The molecule has 0 saturated carbocycles. The second-order valence-corrected chi connectivity index (χ2v) is 7.73. The van der Waals surface area contributed by atoms with Crippen LogP contribution < -0.4 is 11.9 Å². The highest BCUT2D eigenvalue weighted by Gasteiger charge is 2.45. The summed E-state index contributed by atoms with van der Waals surface area (Å²) in [5, 5.41) is 20.5. The minimum Gasteiger partial charge on any atom is -0.387 e. The van der Waals surface area contributed by atoms with E-state index in [0.717, 1.165) is 12.8 Å². The lowest BCUT2D eigenvalue weighted by Gasteiger charge is -2.16. The Morgan fingerprint density at radius 3 is 2.73 bits per heavy atom. The number of phosphoric ester groups is 1. The standard InChI is InChI=1S/C16H22N5O7P.H3N/c1-2-3-4-5-6-10-19-14(17)11-15(20-10)21(8-18-11)16-13(23)12(22)9(28-16)7-27-29(24,25)26;/h8-9,12-13,16,22-23H,2-4,7H2,1H3,(H2,17,19,20)(H2,24,25,26);1H3/t9-,12-,13-,16-;/m1./s1. The topological polar surface area (TPSA) is 221 Å². The van der Waals surface area contributed by atoms with Crippen LogP contribution in [0.4, 0.5) is 5.82 Å². The molecule has 2 aromatic heterocycles. The van der Waals surface area contributed by atoms with Crippen LogP contribution in [0.5, 0.6) is 0 Å². The van der Waals surface area contributed by atoms with Crippen LogP contribution in [-0.2, 0) is 13.8 Å². The lowest BCUT2D eigenvalue weighted by Crippen LogP contribution is -2.33. The van der Waals surface area contributed by atoms with Crippen LogP contribution in [0.2, 0.25) is 0 Å². The van der Waals surface area contributed by atoms with E-state index in [4.69, 9.17) is 20.3 Å². The van der Waals surface area contributed by atoms with E-state index in [0.29, 0.717) is 6.42 Å². The van der Waals surface area contributed by atoms with Gasteiger partial charge in [0, 0.05) is 6.42 Å². The summed E-state index contributed by atoms with van der Waals surface area (Å²) in [6.07, 6.45) is -1.21. The number of aromatic nitrogens is 4. The second-order valence-electron chi connectivity index (χ2n) is 6.49. The van der Waals surface area contributed by atoms with Crippen LogP contribution in [-0.4, -0.2) is 64.4 Å². The first-order chi connectivity index (χ1) is 13.7. The van der Waals surface area contributed by atoms with E-state index in [2.05, 4.69) is 38.2 Å². The fourth-order valence-corrected chi connectivity index (χ4v) is 3.20. The molecule has 13 nitrogen and oxygen atoms in total. The number of rotatable bonds is 6. The third kappa shape index (κ3) is 5.31. The van der Waals surface area contributed by atoms with E-state index >= 15 is 0 Å². The molecular weight excluding hydrogens is 419 g/mol. The molecule has 1 fully saturated rings. The lowest BCUT2D eigenvalue weighted by molar-refractivity contribution is -0.0504. The maximum absolute atomic E-state index is 10.9. The smallest absolute Gasteiger partial charge is 0.387 e. The number of fused-ring (bicyclic) bond motifs is 1. The highest BCUT2D eigenvalue weighted by Crippen LogP contribution is 2.38. The number of imidazole rings is 1. The Labute approximate surface area is 172 Å².